The number of para-hydroxylation sites is 2. The molecule has 0 bridgehead atoms. The van der Waals surface area contributed by atoms with Gasteiger partial charge in [0.2, 0.25) is 0 Å². The lowest BCUT2D eigenvalue weighted by Crippen LogP contribution is -2.47. The quantitative estimate of drug-likeness (QED) is 0.909. The SMILES string of the molecule is CN1C[C@H](C(=O)NCc2csc(N3CCCC3)n2)Oc2ccccc21. The topological polar surface area (TPSA) is 57.7 Å². The molecular weight excluding hydrogens is 336 g/mol. The number of hydrogen-bond acceptors (Lipinski definition) is 6. The predicted molar refractivity (Wildman–Crippen MR) is 99.5 cm³/mol. The van der Waals surface area contributed by atoms with Gasteiger partial charge in [0.05, 0.1) is 24.5 Å². The van der Waals surface area contributed by atoms with Gasteiger partial charge in [0.25, 0.3) is 5.91 Å². The molecule has 2 aromatic rings. The molecule has 1 aromatic carbocycles. The molecule has 1 aromatic heterocycles. The van der Waals surface area contributed by atoms with Gasteiger partial charge in [-0.25, -0.2) is 4.98 Å². The van der Waals surface area contributed by atoms with Crippen LogP contribution in [0.1, 0.15) is 18.5 Å². The second-order valence-corrected chi connectivity index (χ2v) is 7.32. The Bertz CT molecular complexity index is 757. The van der Waals surface area contributed by atoms with Crippen LogP contribution < -0.4 is 19.9 Å². The van der Waals surface area contributed by atoms with E-state index in [1.54, 1.807) is 11.3 Å². The molecule has 7 heteroatoms. The van der Waals surface area contributed by atoms with Crippen LogP contribution in [0.5, 0.6) is 5.75 Å². The van der Waals surface area contributed by atoms with Crippen LogP contribution in [0.4, 0.5) is 10.8 Å². The van der Waals surface area contributed by atoms with E-state index >= 15 is 0 Å². The van der Waals surface area contributed by atoms with Crippen molar-refractivity contribution >= 4 is 28.1 Å². The number of hydrogen-bond donors (Lipinski definition) is 1. The lowest BCUT2D eigenvalue weighted by Gasteiger charge is -2.32. The molecule has 4 rings (SSSR count). The molecule has 25 heavy (non-hydrogen) atoms. The molecule has 3 heterocycles. The Morgan fingerprint density at radius 3 is 3.00 bits per heavy atom. The summed E-state index contributed by atoms with van der Waals surface area (Å²) >= 11 is 1.65. The summed E-state index contributed by atoms with van der Waals surface area (Å²) in [7, 11) is 1.98. The van der Waals surface area contributed by atoms with Gasteiger partial charge in [0.15, 0.2) is 11.2 Å². The van der Waals surface area contributed by atoms with Crippen molar-refractivity contribution in [2.75, 3.05) is 36.5 Å². The molecule has 1 saturated heterocycles. The van der Waals surface area contributed by atoms with Gasteiger partial charge in [-0.15, -0.1) is 11.3 Å². The zero-order chi connectivity index (χ0) is 17.2. The maximum absolute atomic E-state index is 12.5. The first-order valence-electron chi connectivity index (χ1n) is 8.64. The van der Waals surface area contributed by atoms with Gasteiger partial charge in [0.1, 0.15) is 5.75 Å². The largest absolute Gasteiger partial charge is 0.477 e. The Labute approximate surface area is 151 Å². The van der Waals surface area contributed by atoms with Gasteiger partial charge in [0, 0.05) is 25.5 Å². The van der Waals surface area contributed by atoms with Gasteiger partial charge in [-0.3, -0.25) is 4.79 Å². The zero-order valence-corrected chi connectivity index (χ0v) is 15.1. The monoisotopic (exact) mass is 358 g/mol. The number of likely N-dealkylation sites (N-methyl/N-ethyl adjacent to an activating group) is 1. The van der Waals surface area contributed by atoms with Crippen LogP contribution in [-0.2, 0) is 11.3 Å². The summed E-state index contributed by atoms with van der Waals surface area (Å²) in [6.07, 6.45) is 1.97. The summed E-state index contributed by atoms with van der Waals surface area (Å²) in [5.41, 5.74) is 1.92. The Kier molecular flexibility index (Phi) is 4.48. The molecule has 0 radical (unpaired) electrons. The lowest BCUT2D eigenvalue weighted by atomic mass is 10.2. The Balaban J connectivity index is 1.35. The average molecular weight is 358 g/mol. The lowest BCUT2D eigenvalue weighted by molar-refractivity contribution is -0.128. The molecule has 1 N–H and O–H groups in total. The number of amides is 1. The van der Waals surface area contributed by atoms with E-state index in [1.165, 1.54) is 12.8 Å². The molecule has 0 saturated carbocycles. The zero-order valence-electron chi connectivity index (χ0n) is 14.3. The molecule has 2 aliphatic rings. The van der Waals surface area contributed by atoms with E-state index in [4.69, 9.17) is 4.74 Å². The van der Waals surface area contributed by atoms with Gasteiger partial charge >= 0.3 is 0 Å². The predicted octanol–water partition coefficient (Wildman–Crippen LogP) is 2.26. The smallest absolute Gasteiger partial charge is 0.263 e. The number of fused-ring (bicyclic) bond motifs is 1. The van der Waals surface area contributed by atoms with E-state index in [0.717, 1.165) is 35.4 Å². The highest BCUT2D eigenvalue weighted by molar-refractivity contribution is 7.13. The number of thiazole rings is 1. The molecule has 0 aliphatic carbocycles. The van der Waals surface area contributed by atoms with Crippen molar-refractivity contribution in [2.24, 2.45) is 0 Å². The third kappa shape index (κ3) is 3.42. The van der Waals surface area contributed by atoms with Crippen LogP contribution in [0.2, 0.25) is 0 Å². The third-order valence-corrected chi connectivity index (χ3v) is 5.59. The van der Waals surface area contributed by atoms with E-state index in [1.807, 2.05) is 36.7 Å². The molecular formula is C18H22N4O2S. The Morgan fingerprint density at radius 2 is 2.16 bits per heavy atom. The number of benzene rings is 1. The maximum atomic E-state index is 12.5. The number of nitrogens with one attached hydrogen (secondary N) is 1. The van der Waals surface area contributed by atoms with Gasteiger partial charge in [-0.1, -0.05) is 12.1 Å². The van der Waals surface area contributed by atoms with E-state index in [0.29, 0.717) is 13.1 Å². The van der Waals surface area contributed by atoms with Gasteiger partial charge in [-0.2, -0.15) is 0 Å². The number of rotatable bonds is 4. The second kappa shape index (κ2) is 6.92. The van der Waals surface area contributed by atoms with Crippen molar-refractivity contribution in [2.45, 2.75) is 25.5 Å². The first-order valence-corrected chi connectivity index (χ1v) is 9.52. The summed E-state index contributed by atoms with van der Waals surface area (Å²) in [4.78, 5) is 21.5. The van der Waals surface area contributed by atoms with E-state index in [2.05, 4.69) is 20.1 Å². The van der Waals surface area contributed by atoms with E-state index < -0.39 is 6.10 Å². The fourth-order valence-electron chi connectivity index (χ4n) is 3.27. The van der Waals surface area contributed by atoms with Crippen molar-refractivity contribution in [3.05, 3.63) is 35.3 Å². The highest BCUT2D eigenvalue weighted by Crippen LogP contribution is 2.32. The summed E-state index contributed by atoms with van der Waals surface area (Å²) in [6, 6.07) is 7.79. The standard InChI is InChI=1S/C18H22N4O2S/c1-21-11-16(24-15-7-3-2-6-14(15)21)17(23)19-10-13-12-25-18(20-13)22-8-4-5-9-22/h2-3,6-7,12,16H,4-5,8-11H2,1H3,(H,19,23)/t16-/m1/s1. The second-order valence-electron chi connectivity index (χ2n) is 6.49. The molecule has 6 nitrogen and oxygen atoms in total. The Hall–Kier alpha value is -2.28. The molecule has 0 spiro atoms. The third-order valence-electron chi connectivity index (χ3n) is 4.64. The first-order chi connectivity index (χ1) is 12.2. The van der Waals surface area contributed by atoms with Crippen LogP contribution >= 0.6 is 11.3 Å². The minimum absolute atomic E-state index is 0.0999. The average Bonchev–Trinajstić information content (AvgIpc) is 3.31. The fraction of sp³-hybridized carbons (Fsp3) is 0.444. The van der Waals surface area contributed by atoms with Crippen molar-refractivity contribution < 1.29 is 9.53 Å². The minimum atomic E-state index is -0.503. The van der Waals surface area contributed by atoms with Crippen LogP contribution in [0.3, 0.4) is 0 Å². The fourth-order valence-corrected chi connectivity index (χ4v) is 4.15. The number of nitrogens with zero attached hydrogens (tertiary/aromatic N) is 3. The summed E-state index contributed by atoms with van der Waals surface area (Å²) in [5.74, 6) is 0.651. The number of aromatic nitrogens is 1. The van der Waals surface area contributed by atoms with Gasteiger partial charge in [-0.05, 0) is 25.0 Å². The first kappa shape index (κ1) is 16.2. The van der Waals surface area contributed by atoms with Crippen molar-refractivity contribution in [3.8, 4) is 5.75 Å². The molecule has 2 aliphatic heterocycles. The maximum Gasteiger partial charge on any atom is 0.263 e. The van der Waals surface area contributed by atoms with E-state index in [-0.39, 0.29) is 5.91 Å². The van der Waals surface area contributed by atoms with Crippen LogP contribution in [0.25, 0.3) is 0 Å². The normalized spacial score (nSPS) is 19.5. The Morgan fingerprint density at radius 1 is 1.36 bits per heavy atom. The molecule has 1 atom stereocenters. The molecule has 0 unspecified atom stereocenters. The number of carbonyl (C=O) groups is 1. The molecule has 1 amide bonds. The minimum Gasteiger partial charge on any atom is -0.477 e. The molecule has 132 valence electrons. The van der Waals surface area contributed by atoms with Crippen LogP contribution in [0, 0.1) is 0 Å². The van der Waals surface area contributed by atoms with Crippen LogP contribution in [-0.4, -0.2) is 43.7 Å². The molecule has 1 fully saturated rings. The van der Waals surface area contributed by atoms with Crippen molar-refractivity contribution in [1.82, 2.24) is 10.3 Å². The highest BCUT2D eigenvalue weighted by atomic mass is 32.1. The van der Waals surface area contributed by atoms with Crippen molar-refractivity contribution in [3.63, 3.8) is 0 Å². The van der Waals surface area contributed by atoms with Gasteiger partial charge < -0.3 is 19.9 Å². The van der Waals surface area contributed by atoms with Crippen molar-refractivity contribution in [1.29, 1.82) is 0 Å². The summed E-state index contributed by atoms with van der Waals surface area (Å²) < 4.78 is 5.86. The summed E-state index contributed by atoms with van der Waals surface area (Å²) in [6.45, 7) is 3.15. The number of anilines is 2. The number of ether oxygens (including phenoxy) is 1. The van der Waals surface area contributed by atoms with E-state index in [9.17, 15) is 4.79 Å². The van der Waals surface area contributed by atoms with Crippen LogP contribution in [0.15, 0.2) is 29.6 Å². The highest BCUT2D eigenvalue weighted by Gasteiger charge is 2.28. The summed E-state index contributed by atoms with van der Waals surface area (Å²) in [5, 5.41) is 6.04. The number of carbonyl (C=O) groups excluding carboxylic acids is 1.